The number of benzene rings is 1. The number of nitrogens with one attached hydrogen (secondary N) is 1. The van der Waals surface area contributed by atoms with Crippen molar-refractivity contribution in [2.45, 2.75) is 23.9 Å². The Bertz CT molecular complexity index is 1230. The number of aliphatic carboxylic acids is 1. The van der Waals surface area contributed by atoms with Crippen LogP contribution in [-0.2, 0) is 20.8 Å². The molecule has 2 amide bonds. The Balaban J connectivity index is 1.49. The van der Waals surface area contributed by atoms with Crippen molar-refractivity contribution in [3.63, 3.8) is 0 Å². The number of nitro groups is 2. The Morgan fingerprint density at radius 1 is 1.23 bits per heavy atom. The second-order valence-corrected chi connectivity index (χ2v) is 10.0. The van der Waals surface area contributed by atoms with Crippen LogP contribution in [-0.4, -0.2) is 60.8 Å². The molecule has 182 valence electrons. The number of hydrogen-bond acceptors (Lipinski definition) is 9. The molecule has 12 nitrogen and oxygen atoms in total. The van der Waals surface area contributed by atoms with Crippen LogP contribution in [0, 0.1) is 26.1 Å². The van der Waals surface area contributed by atoms with Crippen molar-refractivity contribution in [3.05, 3.63) is 72.5 Å². The summed E-state index contributed by atoms with van der Waals surface area (Å²) in [4.78, 5) is 60.0. The lowest BCUT2D eigenvalue weighted by Gasteiger charge is -2.53. The maximum Gasteiger partial charge on any atom is 0.327 e. The number of fused-ring (bicyclic) bond motifs is 1. The molecule has 0 spiro atoms. The van der Waals surface area contributed by atoms with Crippen molar-refractivity contribution in [1.29, 1.82) is 0 Å². The predicted molar refractivity (Wildman–Crippen MR) is 127 cm³/mol. The highest BCUT2D eigenvalue weighted by Crippen LogP contribution is 2.41. The van der Waals surface area contributed by atoms with E-state index in [0.717, 1.165) is 17.0 Å². The van der Waals surface area contributed by atoms with Crippen molar-refractivity contribution >= 4 is 58.3 Å². The molecule has 1 aromatic carbocycles. The van der Waals surface area contributed by atoms with E-state index in [4.69, 9.17) is 0 Å². The molecule has 0 bridgehead atoms. The van der Waals surface area contributed by atoms with Gasteiger partial charge in [-0.05, 0) is 17.5 Å². The molecule has 4 rings (SSSR count). The molecule has 2 saturated heterocycles. The summed E-state index contributed by atoms with van der Waals surface area (Å²) in [6, 6.07) is 4.76. The summed E-state index contributed by atoms with van der Waals surface area (Å²) < 4.78 is 0. The number of thioether (sulfide) groups is 1. The quantitative estimate of drug-likeness (QED) is 0.302. The smallest absolute Gasteiger partial charge is 0.327 e. The number of amides is 2. The average Bonchev–Trinajstić information content (AvgIpc) is 3.33. The van der Waals surface area contributed by atoms with E-state index in [2.05, 4.69) is 5.32 Å². The highest BCUT2D eigenvalue weighted by atomic mass is 32.2. The van der Waals surface area contributed by atoms with E-state index in [1.165, 1.54) is 46.2 Å². The SMILES string of the molecule is O=C(Cc1cccs1)N[C@@H]1C(=O)N2C(C(=O)O)C(/C=C/c3ccc([N+](=O)[O-])cc3[N+](=O)[O-])CS[C@H]12. The van der Waals surface area contributed by atoms with Crippen LogP contribution in [0.1, 0.15) is 10.4 Å². The van der Waals surface area contributed by atoms with E-state index in [0.29, 0.717) is 5.75 Å². The topological polar surface area (TPSA) is 173 Å². The summed E-state index contributed by atoms with van der Waals surface area (Å²) >= 11 is 2.73. The zero-order chi connectivity index (χ0) is 25.3. The predicted octanol–water partition coefficient (Wildman–Crippen LogP) is 2.29. The lowest BCUT2D eigenvalue weighted by atomic mass is 9.92. The lowest BCUT2D eigenvalue weighted by Crippen LogP contribution is -2.75. The Morgan fingerprint density at radius 3 is 2.63 bits per heavy atom. The zero-order valence-electron chi connectivity index (χ0n) is 17.8. The fourth-order valence-electron chi connectivity index (χ4n) is 4.03. The number of thiophene rings is 1. The van der Waals surface area contributed by atoms with Gasteiger partial charge in [0.05, 0.1) is 27.9 Å². The Labute approximate surface area is 205 Å². The summed E-state index contributed by atoms with van der Waals surface area (Å²) in [5.41, 5.74) is -0.852. The van der Waals surface area contributed by atoms with Gasteiger partial charge in [0.15, 0.2) is 0 Å². The van der Waals surface area contributed by atoms with Crippen LogP contribution in [0.3, 0.4) is 0 Å². The monoisotopic (exact) mass is 518 g/mol. The summed E-state index contributed by atoms with van der Waals surface area (Å²) in [5.74, 6) is -2.45. The van der Waals surface area contributed by atoms with Crippen LogP contribution in [0.15, 0.2) is 41.8 Å². The molecule has 2 unspecified atom stereocenters. The number of carbonyl (C=O) groups excluding carboxylic acids is 2. The van der Waals surface area contributed by atoms with E-state index in [-0.39, 0.29) is 17.9 Å². The van der Waals surface area contributed by atoms with Crippen molar-refractivity contribution in [2.75, 3.05) is 5.75 Å². The molecule has 4 atom stereocenters. The van der Waals surface area contributed by atoms with E-state index >= 15 is 0 Å². The first-order chi connectivity index (χ1) is 16.7. The number of non-ortho nitro benzene ring substituents is 1. The minimum Gasteiger partial charge on any atom is -0.480 e. The maximum atomic E-state index is 12.8. The van der Waals surface area contributed by atoms with E-state index in [1.54, 1.807) is 6.07 Å². The minimum absolute atomic E-state index is 0.0746. The van der Waals surface area contributed by atoms with Gasteiger partial charge in [0.1, 0.15) is 17.5 Å². The molecule has 14 heteroatoms. The number of nitrogens with zero attached hydrogens (tertiary/aromatic N) is 3. The molecular weight excluding hydrogens is 500 g/mol. The molecule has 2 N–H and O–H groups in total. The fraction of sp³-hybridized carbons (Fsp3) is 0.286. The van der Waals surface area contributed by atoms with Gasteiger partial charge in [-0.25, -0.2) is 4.79 Å². The molecule has 2 fully saturated rings. The van der Waals surface area contributed by atoms with Crippen LogP contribution in [0.5, 0.6) is 0 Å². The van der Waals surface area contributed by atoms with Gasteiger partial charge < -0.3 is 15.3 Å². The van der Waals surface area contributed by atoms with Gasteiger partial charge in [0.25, 0.3) is 11.4 Å². The van der Waals surface area contributed by atoms with E-state index < -0.39 is 56.5 Å². The third kappa shape index (κ3) is 4.88. The number of carbonyl (C=O) groups is 3. The van der Waals surface area contributed by atoms with Gasteiger partial charge in [0.2, 0.25) is 11.8 Å². The summed E-state index contributed by atoms with van der Waals surface area (Å²) in [6.45, 7) is 0. The molecule has 3 heterocycles. The molecular formula is C21H18N4O8S2. The molecule has 2 aromatic rings. The van der Waals surface area contributed by atoms with Gasteiger partial charge in [0, 0.05) is 22.6 Å². The highest BCUT2D eigenvalue weighted by Gasteiger charge is 2.57. The number of rotatable bonds is 8. The Morgan fingerprint density at radius 2 is 2.00 bits per heavy atom. The molecule has 0 radical (unpaired) electrons. The van der Waals surface area contributed by atoms with Gasteiger partial charge in [-0.2, -0.15) is 0 Å². The van der Waals surface area contributed by atoms with Gasteiger partial charge >= 0.3 is 5.97 Å². The molecule has 2 aliphatic rings. The average molecular weight is 519 g/mol. The standard InChI is InChI=1S/C21H18N4O8S2/c26-16(9-14-2-1-7-34-14)22-17-19(27)23-18(21(28)29)12(10-35-20(17)23)4-3-11-5-6-13(24(30)31)8-15(11)25(32)33/h1-8,12,17-18,20H,9-10H2,(H,22,26)(H,28,29)/b4-3+/t12?,17-,18?,20-/m1/s1. The second kappa shape index (κ2) is 9.84. The van der Waals surface area contributed by atoms with Gasteiger partial charge in [-0.15, -0.1) is 23.1 Å². The Hall–Kier alpha value is -3.78. The minimum atomic E-state index is -1.24. The molecule has 2 aliphatic heterocycles. The summed E-state index contributed by atoms with van der Waals surface area (Å²) in [5, 5.41) is 36.1. The van der Waals surface area contributed by atoms with Crippen LogP contribution < -0.4 is 5.32 Å². The van der Waals surface area contributed by atoms with Crippen molar-refractivity contribution in [2.24, 2.45) is 5.92 Å². The number of carboxylic acids is 1. The van der Waals surface area contributed by atoms with Crippen molar-refractivity contribution in [3.8, 4) is 0 Å². The first kappa shape index (κ1) is 24.3. The van der Waals surface area contributed by atoms with Crippen LogP contribution >= 0.6 is 23.1 Å². The third-order valence-corrected chi connectivity index (χ3v) is 7.97. The Kier molecular flexibility index (Phi) is 6.84. The fourth-order valence-corrected chi connectivity index (χ4v) is 6.22. The van der Waals surface area contributed by atoms with E-state index in [1.807, 2.05) is 11.4 Å². The van der Waals surface area contributed by atoms with Crippen LogP contribution in [0.4, 0.5) is 11.4 Å². The third-order valence-electron chi connectivity index (χ3n) is 5.67. The first-order valence-electron chi connectivity index (χ1n) is 10.3. The van der Waals surface area contributed by atoms with Gasteiger partial charge in [-0.3, -0.25) is 29.8 Å². The maximum absolute atomic E-state index is 12.8. The van der Waals surface area contributed by atoms with Gasteiger partial charge in [-0.1, -0.05) is 18.2 Å². The molecule has 35 heavy (non-hydrogen) atoms. The normalized spacial score (nSPS) is 23.4. The number of hydrogen-bond donors (Lipinski definition) is 2. The number of nitro benzene ring substituents is 2. The van der Waals surface area contributed by atoms with Crippen molar-refractivity contribution in [1.82, 2.24) is 10.2 Å². The van der Waals surface area contributed by atoms with Crippen LogP contribution in [0.2, 0.25) is 0 Å². The zero-order valence-corrected chi connectivity index (χ0v) is 19.4. The van der Waals surface area contributed by atoms with E-state index in [9.17, 15) is 39.7 Å². The summed E-state index contributed by atoms with van der Waals surface area (Å²) in [6.07, 6.45) is 2.93. The summed E-state index contributed by atoms with van der Waals surface area (Å²) in [7, 11) is 0. The molecule has 1 aromatic heterocycles. The largest absolute Gasteiger partial charge is 0.480 e. The molecule has 0 saturated carbocycles. The van der Waals surface area contributed by atoms with Crippen molar-refractivity contribution < 1.29 is 29.3 Å². The number of carboxylic acid groups (broad SMARTS) is 1. The molecule has 0 aliphatic carbocycles. The number of β-lactam (4-membered cyclic amide) rings is 1. The van der Waals surface area contributed by atoms with Crippen LogP contribution in [0.25, 0.3) is 6.08 Å². The second-order valence-electron chi connectivity index (χ2n) is 7.83. The highest BCUT2D eigenvalue weighted by molar-refractivity contribution is 8.00. The lowest BCUT2D eigenvalue weighted by molar-refractivity contribution is -0.394. The first-order valence-corrected chi connectivity index (χ1v) is 12.2.